The molecule has 2 heterocycles. The molecule has 0 spiro atoms. The van der Waals surface area contributed by atoms with E-state index in [0.717, 1.165) is 29.3 Å². The van der Waals surface area contributed by atoms with Crippen LogP contribution in [0.5, 0.6) is 0 Å². The molecule has 7 heteroatoms. The summed E-state index contributed by atoms with van der Waals surface area (Å²) in [6.45, 7) is 8.92. The van der Waals surface area contributed by atoms with E-state index in [1.165, 1.54) is 0 Å². The predicted molar refractivity (Wildman–Crippen MR) is 85.2 cm³/mol. The average molecular weight is 332 g/mol. The van der Waals surface area contributed by atoms with E-state index < -0.39 is 10.0 Å². The molecule has 0 aliphatic carbocycles. The second kappa shape index (κ2) is 7.19. The Morgan fingerprint density at radius 2 is 2.24 bits per heavy atom. The molecule has 1 atom stereocenters. The lowest BCUT2D eigenvalue weighted by Crippen LogP contribution is -2.48. The van der Waals surface area contributed by atoms with Gasteiger partial charge in [-0.25, -0.2) is 8.42 Å². The zero-order valence-electron chi connectivity index (χ0n) is 12.9. The number of thiophene rings is 1. The maximum Gasteiger partial charge on any atom is 0.244 e. The summed E-state index contributed by atoms with van der Waals surface area (Å²) >= 11 is 1.55. The molecule has 1 aliphatic rings. The normalized spacial score (nSPS) is 20.8. The molecular formula is C14H24N2O3S2. The molecule has 0 bridgehead atoms. The number of sulfonamides is 1. The Balaban J connectivity index is 2.28. The van der Waals surface area contributed by atoms with Gasteiger partial charge in [0.25, 0.3) is 0 Å². The van der Waals surface area contributed by atoms with Gasteiger partial charge in [-0.3, -0.25) is 0 Å². The van der Waals surface area contributed by atoms with Gasteiger partial charge in [0.05, 0.1) is 18.1 Å². The zero-order valence-corrected chi connectivity index (χ0v) is 14.5. The van der Waals surface area contributed by atoms with Gasteiger partial charge < -0.3 is 10.1 Å². The molecule has 1 aliphatic heterocycles. The molecule has 0 amide bonds. The monoisotopic (exact) mass is 332 g/mol. The van der Waals surface area contributed by atoms with Crippen LogP contribution in [-0.4, -0.2) is 45.1 Å². The highest BCUT2D eigenvalue weighted by atomic mass is 32.2. The van der Waals surface area contributed by atoms with Crippen molar-refractivity contribution in [1.29, 1.82) is 0 Å². The Bertz CT molecular complexity index is 569. The van der Waals surface area contributed by atoms with Crippen molar-refractivity contribution in [3.05, 3.63) is 15.8 Å². The van der Waals surface area contributed by atoms with Crippen LogP contribution in [0.15, 0.2) is 11.0 Å². The summed E-state index contributed by atoms with van der Waals surface area (Å²) in [6, 6.07) is 1.76. The topological polar surface area (TPSA) is 58.6 Å². The predicted octanol–water partition coefficient (Wildman–Crippen LogP) is 1.97. The van der Waals surface area contributed by atoms with E-state index in [0.29, 0.717) is 24.7 Å². The van der Waals surface area contributed by atoms with Gasteiger partial charge >= 0.3 is 0 Å². The van der Waals surface area contributed by atoms with Gasteiger partial charge in [-0.05, 0) is 26.0 Å². The molecule has 0 saturated carbocycles. The van der Waals surface area contributed by atoms with Crippen LogP contribution in [0.25, 0.3) is 0 Å². The summed E-state index contributed by atoms with van der Waals surface area (Å²) in [5, 5.41) is 3.24. The van der Waals surface area contributed by atoms with E-state index in [-0.39, 0.29) is 6.04 Å². The van der Waals surface area contributed by atoms with Gasteiger partial charge in [0.2, 0.25) is 10.0 Å². The number of nitrogens with one attached hydrogen (secondary N) is 1. The van der Waals surface area contributed by atoms with E-state index >= 15 is 0 Å². The van der Waals surface area contributed by atoms with E-state index in [1.807, 2.05) is 26.8 Å². The van der Waals surface area contributed by atoms with Gasteiger partial charge in [-0.1, -0.05) is 13.8 Å². The molecule has 21 heavy (non-hydrogen) atoms. The molecule has 120 valence electrons. The van der Waals surface area contributed by atoms with E-state index in [1.54, 1.807) is 15.6 Å². The van der Waals surface area contributed by atoms with Crippen LogP contribution in [0.4, 0.5) is 0 Å². The van der Waals surface area contributed by atoms with Gasteiger partial charge in [0.1, 0.15) is 0 Å². The van der Waals surface area contributed by atoms with Crippen LogP contribution >= 0.6 is 11.3 Å². The summed E-state index contributed by atoms with van der Waals surface area (Å²) in [5.74, 6) is 0. The van der Waals surface area contributed by atoms with Crippen LogP contribution in [0, 0.1) is 6.92 Å². The summed E-state index contributed by atoms with van der Waals surface area (Å²) in [7, 11) is -3.42. The highest BCUT2D eigenvalue weighted by molar-refractivity contribution is 7.89. The van der Waals surface area contributed by atoms with Gasteiger partial charge in [0, 0.05) is 28.9 Å². The third-order valence-corrected chi connectivity index (χ3v) is 6.96. The zero-order chi connectivity index (χ0) is 15.5. The number of hydrogen-bond acceptors (Lipinski definition) is 5. The first-order valence-corrected chi connectivity index (χ1v) is 9.66. The Labute approximate surface area is 131 Å². The minimum Gasteiger partial charge on any atom is -0.378 e. The van der Waals surface area contributed by atoms with Crippen molar-refractivity contribution in [1.82, 2.24) is 9.62 Å². The van der Waals surface area contributed by atoms with Crippen LogP contribution in [0.1, 0.15) is 30.0 Å². The fourth-order valence-electron chi connectivity index (χ4n) is 2.52. The molecular weight excluding hydrogens is 308 g/mol. The smallest absolute Gasteiger partial charge is 0.244 e. The van der Waals surface area contributed by atoms with Gasteiger partial charge in [-0.15, -0.1) is 11.3 Å². The molecule has 1 aromatic rings. The molecule has 0 radical (unpaired) electrons. The summed E-state index contributed by atoms with van der Waals surface area (Å²) < 4.78 is 32.9. The Morgan fingerprint density at radius 1 is 1.48 bits per heavy atom. The van der Waals surface area contributed by atoms with Crippen molar-refractivity contribution < 1.29 is 13.2 Å². The highest BCUT2D eigenvalue weighted by Crippen LogP contribution is 2.30. The van der Waals surface area contributed by atoms with Crippen LogP contribution in [0.2, 0.25) is 0 Å². The van der Waals surface area contributed by atoms with Crippen molar-refractivity contribution in [3.8, 4) is 0 Å². The Hall–Kier alpha value is -0.470. The van der Waals surface area contributed by atoms with E-state index in [9.17, 15) is 8.42 Å². The fourth-order valence-corrected chi connectivity index (χ4v) is 5.76. The first-order chi connectivity index (χ1) is 10.0. The maximum atomic E-state index is 12.9. The van der Waals surface area contributed by atoms with E-state index in [2.05, 4.69) is 5.32 Å². The third-order valence-electron chi connectivity index (χ3n) is 3.70. The number of aryl methyl sites for hydroxylation is 1. The van der Waals surface area contributed by atoms with Crippen molar-refractivity contribution in [3.63, 3.8) is 0 Å². The Kier molecular flexibility index (Phi) is 5.79. The number of nitrogens with zero attached hydrogens (tertiary/aromatic N) is 1. The summed E-state index contributed by atoms with van der Waals surface area (Å²) in [6.07, 6.45) is 0.770. The minimum absolute atomic E-state index is 0.0553. The first kappa shape index (κ1) is 16.9. The maximum absolute atomic E-state index is 12.9. The van der Waals surface area contributed by atoms with Crippen LogP contribution in [0.3, 0.4) is 0 Å². The molecule has 2 rings (SSSR count). The third kappa shape index (κ3) is 3.65. The minimum atomic E-state index is -3.42. The molecule has 1 N–H and O–H groups in total. The lowest BCUT2D eigenvalue weighted by molar-refractivity contribution is 0.0314. The molecule has 0 aromatic carbocycles. The fraction of sp³-hybridized carbons (Fsp3) is 0.714. The lowest BCUT2D eigenvalue weighted by atomic mass is 10.2. The van der Waals surface area contributed by atoms with Crippen LogP contribution in [-0.2, 0) is 21.3 Å². The van der Waals surface area contributed by atoms with Gasteiger partial charge in [0.15, 0.2) is 0 Å². The summed E-state index contributed by atoms with van der Waals surface area (Å²) in [4.78, 5) is 2.39. The number of morpholine rings is 1. The summed E-state index contributed by atoms with van der Waals surface area (Å²) in [5.41, 5.74) is 0. The average Bonchev–Trinajstić information content (AvgIpc) is 2.86. The highest BCUT2D eigenvalue weighted by Gasteiger charge is 2.34. The SMILES string of the molecule is CCNCc1cc(S(=O)(=O)N2CCOCC2CC)c(C)s1. The van der Waals surface area contributed by atoms with Gasteiger partial charge in [-0.2, -0.15) is 4.31 Å². The first-order valence-electron chi connectivity index (χ1n) is 7.40. The van der Waals surface area contributed by atoms with Crippen molar-refractivity contribution in [2.75, 3.05) is 26.3 Å². The number of ether oxygens (including phenoxy) is 1. The van der Waals surface area contributed by atoms with Crippen molar-refractivity contribution in [2.24, 2.45) is 0 Å². The standard InChI is InChI=1S/C14H24N2O3S2/c1-4-12-10-19-7-6-16(12)21(17,18)14-8-13(9-15-5-2)20-11(14)3/h8,12,15H,4-7,9-10H2,1-3H3. The van der Waals surface area contributed by atoms with Crippen molar-refractivity contribution in [2.45, 2.75) is 44.7 Å². The molecule has 1 aromatic heterocycles. The number of rotatable bonds is 6. The molecule has 1 fully saturated rings. The molecule has 1 unspecified atom stereocenters. The second-order valence-corrected chi connectivity index (χ2v) is 8.37. The van der Waals surface area contributed by atoms with E-state index in [4.69, 9.17) is 4.74 Å². The lowest BCUT2D eigenvalue weighted by Gasteiger charge is -2.33. The Morgan fingerprint density at radius 3 is 2.90 bits per heavy atom. The van der Waals surface area contributed by atoms with Crippen molar-refractivity contribution >= 4 is 21.4 Å². The molecule has 5 nitrogen and oxygen atoms in total. The second-order valence-electron chi connectivity index (χ2n) is 5.17. The molecule has 1 saturated heterocycles. The quantitative estimate of drug-likeness (QED) is 0.865. The van der Waals surface area contributed by atoms with Crippen LogP contribution < -0.4 is 5.32 Å². The largest absolute Gasteiger partial charge is 0.378 e. The number of hydrogen-bond donors (Lipinski definition) is 1.